The first-order valence-electron chi connectivity index (χ1n) is 10.5. The number of hydrogen-bond acceptors (Lipinski definition) is 5. The number of aliphatic hydroxyl groups is 2. The number of pyridine rings is 1. The molecule has 1 aliphatic heterocycles. The highest BCUT2D eigenvalue weighted by atomic mass is 19.3. The number of alkyl halides is 2. The lowest BCUT2D eigenvalue weighted by Gasteiger charge is -2.25. The van der Waals surface area contributed by atoms with Crippen LogP contribution in [0.2, 0.25) is 0 Å². The van der Waals surface area contributed by atoms with Crippen molar-refractivity contribution in [3.05, 3.63) is 58.9 Å². The van der Waals surface area contributed by atoms with Crippen LogP contribution in [0.3, 0.4) is 0 Å². The Balaban J connectivity index is 1.46. The molecule has 3 heterocycles. The van der Waals surface area contributed by atoms with Crippen LogP contribution in [0.1, 0.15) is 41.1 Å². The van der Waals surface area contributed by atoms with Gasteiger partial charge in [0.1, 0.15) is 29.7 Å². The molecule has 1 saturated carbocycles. The molecule has 2 aromatic heterocycles. The number of rotatable bonds is 4. The fraction of sp³-hybridized carbons (Fsp3) is 0.435. The van der Waals surface area contributed by atoms with Crippen LogP contribution in [0.15, 0.2) is 36.7 Å². The number of ether oxygens (including phenoxy) is 1. The molecular weight excluding hydrogens is 404 g/mol. The number of hydrogen-bond donors (Lipinski definition) is 3. The average molecular weight is 429 g/mol. The minimum atomic E-state index is -2.60. The highest BCUT2D eigenvalue weighted by Gasteiger charge is 2.44. The number of nitrogens with one attached hydrogen (secondary N) is 1. The van der Waals surface area contributed by atoms with Gasteiger partial charge in [-0.15, -0.1) is 0 Å². The second-order valence-electron chi connectivity index (χ2n) is 8.41. The maximum atomic E-state index is 13.4. The first-order valence-corrected chi connectivity index (χ1v) is 10.5. The monoisotopic (exact) mass is 429 g/mol. The molecular formula is C23H25F2N3O3. The first-order chi connectivity index (χ1) is 14.9. The SMILES string of the molecule is Cc1ccnc2c1ccn2[C@@H]1C[C@H](Oc2cc(C(F)F)cc3c2CNCC3)[C@@H](O)[C@H]1O. The molecule has 164 valence electrons. The molecule has 2 aliphatic rings. The van der Waals surface area contributed by atoms with Crippen molar-refractivity contribution in [2.45, 2.75) is 57.1 Å². The lowest BCUT2D eigenvalue weighted by atomic mass is 9.97. The molecule has 0 spiro atoms. The number of fused-ring (bicyclic) bond motifs is 2. The Kier molecular flexibility index (Phi) is 5.16. The Bertz CT molecular complexity index is 1120. The van der Waals surface area contributed by atoms with E-state index in [2.05, 4.69) is 10.3 Å². The Morgan fingerprint density at radius 2 is 2.06 bits per heavy atom. The van der Waals surface area contributed by atoms with Crippen LogP contribution in [0.5, 0.6) is 5.75 Å². The van der Waals surface area contributed by atoms with Gasteiger partial charge in [0.2, 0.25) is 0 Å². The van der Waals surface area contributed by atoms with Crippen LogP contribution in [0, 0.1) is 6.92 Å². The Morgan fingerprint density at radius 3 is 2.87 bits per heavy atom. The molecule has 0 unspecified atom stereocenters. The summed E-state index contributed by atoms with van der Waals surface area (Å²) in [6.07, 6.45) is -0.972. The molecule has 5 rings (SSSR count). The summed E-state index contributed by atoms with van der Waals surface area (Å²) in [5.41, 5.74) is 3.40. The summed E-state index contributed by atoms with van der Waals surface area (Å²) in [6, 6.07) is 6.33. The van der Waals surface area contributed by atoms with Gasteiger partial charge >= 0.3 is 0 Å². The largest absolute Gasteiger partial charge is 0.487 e. The van der Waals surface area contributed by atoms with Crippen LogP contribution in [-0.4, -0.2) is 44.6 Å². The van der Waals surface area contributed by atoms with Crippen molar-refractivity contribution in [3.63, 3.8) is 0 Å². The second-order valence-corrected chi connectivity index (χ2v) is 8.41. The van der Waals surface area contributed by atoms with Crippen LogP contribution in [0.4, 0.5) is 8.78 Å². The molecule has 4 atom stereocenters. The number of halogens is 2. The van der Waals surface area contributed by atoms with Crippen LogP contribution in [0.25, 0.3) is 11.0 Å². The highest BCUT2D eigenvalue weighted by Crippen LogP contribution is 2.38. The summed E-state index contributed by atoms with van der Waals surface area (Å²) in [5.74, 6) is 0.350. The minimum Gasteiger partial charge on any atom is -0.487 e. The van der Waals surface area contributed by atoms with E-state index < -0.39 is 30.8 Å². The predicted octanol–water partition coefficient (Wildman–Crippen LogP) is 3.04. The van der Waals surface area contributed by atoms with Gasteiger partial charge in [-0.1, -0.05) is 0 Å². The van der Waals surface area contributed by atoms with Crippen molar-refractivity contribution in [1.82, 2.24) is 14.9 Å². The van der Waals surface area contributed by atoms with Crippen molar-refractivity contribution >= 4 is 11.0 Å². The summed E-state index contributed by atoms with van der Waals surface area (Å²) < 4.78 is 34.8. The van der Waals surface area contributed by atoms with Crippen molar-refractivity contribution < 1.29 is 23.7 Å². The third-order valence-corrected chi connectivity index (χ3v) is 6.52. The van der Waals surface area contributed by atoms with Crippen LogP contribution in [-0.2, 0) is 13.0 Å². The van der Waals surface area contributed by atoms with Crippen LogP contribution < -0.4 is 10.1 Å². The third-order valence-electron chi connectivity index (χ3n) is 6.52. The lowest BCUT2D eigenvalue weighted by molar-refractivity contribution is -0.0167. The standard InChI is InChI=1S/C23H25F2N3O3/c1-12-2-6-27-23-15(12)4-7-28(23)17-10-19(21(30)20(17)29)31-18-9-14(22(24)25)8-13-3-5-26-11-16(13)18/h2,4,6-9,17,19-22,26,29-30H,3,5,10-11H2,1H3/t17-,19+,20+,21-/m1/s1. The van der Waals surface area contributed by atoms with E-state index in [1.54, 1.807) is 6.20 Å². The van der Waals surface area contributed by atoms with Gasteiger partial charge < -0.3 is 24.8 Å². The molecule has 0 amide bonds. The number of benzene rings is 1. The van der Waals surface area contributed by atoms with E-state index in [9.17, 15) is 19.0 Å². The fourth-order valence-electron chi connectivity index (χ4n) is 4.80. The number of aromatic nitrogens is 2. The summed E-state index contributed by atoms with van der Waals surface area (Å²) in [7, 11) is 0. The normalized spacial score (nSPS) is 25.9. The lowest BCUT2D eigenvalue weighted by Crippen LogP contribution is -2.35. The minimum absolute atomic E-state index is 0.0867. The third kappa shape index (κ3) is 3.48. The highest BCUT2D eigenvalue weighted by molar-refractivity contribution is 5.79. The van der Waals surface area contributed by atoms with Gasteiger partial charge in [-0.3, -0.25) is 0 Å². The van der Waals surface area contributed by atoms with Gasteiger partial charge in [0, 0.05) is 41.9 Å². The van der Waals surface area contributed by atoms with E-state index >= 15 is 0 Å². The summed E-state index contributed by atoms with van der Waals surface area (Å²) in [6.45, 7) is 3.24. The van der Waals surface area contributed by atoms with Crippen LogP contribution >= 0.6 is 0 Å². The maximum Gasteiger partial charge on any atom is 0.263 e. The van der Waals surface area contributed by atoms with Gasteiger partial charge in [-0.05, 0) is 55.3 Å². The molecule has 0 bridgehead atoms. The van der Waals surface area contributed by atoms with Gasteiger partial charge in [0.25, 0.3) is 6.43 Å². The molecule has 31 heavy (non-hydrogen) atoms. The number of aryl methyl sites for hydroxylation is 1. The second kappa shape index (κ2) is 7.85. The summed E-state index contributed by atoms with van der Waals surface area (Å²) >= 11 is 0. The molecule has 0 radical (unpaired) electrons. The van der Waals surface area contributed by atoms with E-state index in [1.807, 2.05) is 29.8 Å². The number of nitrogens with zero attached hydrogens (tertiary/aromatic N) is 2. The zero-order chi connectivity index (χ0) is 21.7. The molecule has 1 aromatic carbocycles. The zero-order valence-electron chi connectivity index (χ0n) is 17.1. The van der Waals surface area contributed by atoms with E-state index in [0.717, 1.165) is 34.3 Å². The average Bonchev–Trinajstić information content (AvgIpc) is 3.31. The Hall–Kier alpha value is -2.55. The van der Waals surface area contributed by atoms with Gasteiger partial charge in [-0.2, -0.15) is 0 Å². The van der Waals surface area contributed by atoms with Crippen molar-refractivity contribution in [1.29, 1.82) is 0 Å². The van der Waals surface area contributed by atoms with Gasteiger partial charge in [0.15, 0.2) is 0 Å². The predicted molar refractivity (Wildman–Crippen MR) is 111 cm³/mol. The summed E-state index contributed by atoms with van der Waals surface area (Å²) in [4.78, 5) is 4.44. The van der Waals surface area contributed by atoms with Crippen molar-refractivity contribution in [2.75, 3.05) is 6.54 Å². The molecule has 6 nitrogen and oxygen atoms in total. The molecule has 0 saturated heterocycles. The smallest absolute Gasteiger partial charge is 0.263 e. The van der Waals surface area contributed by atoms with E-state index in [4.69, 9.17) is 4.74 Å². The Labute approximate surface area is 178 Å². The maximum absolute atomic E-state index is 13.4. The van der Waals surface area contributed by atoms with Gasteiger partial charge in [-0.25, -0.2) is 13.8 Å². The molecule has 1 fully saturated rings. The van der Waals surface area contributed by atoms with Crippen molar-refractivity contribution in [3.8, 4) is 5.75 Å². The molecule has 8 heteroatoms. The first kappa shape index (κ1) is 20.4. The number of aliphatic hydroxyl groups excluding tert-OH is 2. The molecule has 3 N–H and O–H groups in total. The molecule has 3 aromatic rings. The van der Waals surface area contributed by atoms with E-state index in [0.29, 0.717) is 25.1 Å². The van der Waals surface area contributed by atoms with E-state index in [1.165, 1.54) is 12.1 Å². The van der Waals surface area contributed by atoms with Crippen molar-refractivity contribution in [2.24, 2.45) is 0 Å². The zero-order valence-corrected chi connectivity index (χ0v) is 17.1. The Morgan fingerprint density at radius 1 is 1.23 bits per heavy atom. The molecule has 1 aliphatic carbocycles. The van der Waals surface area contributed by atoms with Gasteiger partial charge in [0.05, 0.1) is 6.04 Å². The summed E-state index contributed by atoms with van der Waals surface area (Å²) in [5, 5.41) is 25.7. The fourth-order valence-corrected chi connectivity index (χ4v) is 4.80. The van der Waals surface area contributed by atoms with E-state index in [-0.39, 0.29) is 5.56 Å². The quantitative estimate of drug-likeness (QED) is 0.594. The topological polar surface area (TPSA) is 79.5 Å².